The Morgan fingerprint density at radius 2 is 2.12 bits per heavy atom. The van der Waals surface area contributed by atoms with Gasteiger partial charge in [-0.1, -0.05) is 36.5 Å². The third kappa shape index (κ3) is 4.28. The number of nitrogens with one attached hydrogen (secondary N) is 2. The summed E-state index contributed by atoms with van der Waals surface area (Å²) in [6.45, 7) is 2.74. The second-order valence-electron chi connectivity index (χ2n) is 6.77. The monoisotopic (exact) mass is 376 g/mol. The maximum absolute atomic E-state index is 11.3. The van der Waals surface area contributed by atoms with Gasteiger partial charge < -0.3 is 9.84 Å². The van der Waals surface area contributed by atoms with E-state index >= 15 is 0 Å². The van der Waals surface area contributed by atoms with Crippen molar-refractivity contribution in [2.24, 2.45) is 5.41 Å². The van der Waals surface area contributed by atoms with Crippen molar-refractivity contribution in [3.05, 3.63) is 56.1 Å². The molecule has 2 aromatic rings. The van der Waals surface area contributed by atoms with Crippen molar-refractivity contribution >= 4 is 11.3 Å². The van der Waals surface area contributed by atoms with Crippen molar-refractivity contribution in [3.8, 4) is 11.6 Å². The van der Waals surface area contributed by atoms with E-state index in [2.05, 4.69) is 23.5 Å². The lowest BCUT2D eigenvalue weighted by Crippen LogP contribution is -2.36. The molecule has 0 saturated carbocycles. The van der Waals surface area contributed by atoms with Gasteiger partial charge in [-0.15, -0.1) is 0 Å². The first kappa shape index (κ1) is 18.5. The quantitative estimate of drug-likeness (QED) is 0.646. The number of thiazole rings is 1. The minimum Gasteiger partial charge on any atom is -0.494 e. The lowest BCUT2D eigenvalue weighted by molar-refractivity contribution is 0.0722. The van der Waals surface area contributed by atoms with E-state index in [-0.39, 0.29) is 16.2 Å². The summed E-state index contributed by atoms with van der Waals surface area (Å²) in [6, 6.07) is 7.74. The van der Waals surface area contributed by atoms with E-state index in [1.807, 2.05) is 24.3 Å². The highest BCUT2D eigenvalue weighted by molar-refractivity contribution is 7.09. The molecule has 1 aliphatic carbocycles. The maximum atomic E-state index is 11.3. The van der Waals surface area contributed by atoms with Crippen LogP contribution in [0.5, 0.6) is 11.6 Å². The number of rotatable bonds is 7. The lowest BCUT2D eigenvalue weighted by Gasteiger charge is -2.35. The number of benzene rings is 1. The Bertz CT molecular complexity index is 825. The molecule has 1 unspecified atom stereocenters. The third-order valence-electron chi connectivity index (χ3n) is 4.69. The molecule has 0 fully saturated rings. The van der Waals surface area contributed by atoms with Gasteiger partial charge in [0.1, 0.15) is 5.75 Å². The molecule has 0 spiro atoms. The molecule has 3 N–H and O–H groups in total. The highest BCUT2D eigenvalue weighted by atomic mass is 32.1. The van der Waals surface area contributed by atoms with Gasteiger partial charge in [0.25, 0.3) is 0 Å². The Morgan fingerprint density at radius 3 is 2.77 bits per heavy atom. The van der Waals surface area contributed by atoms with E-state index in [0.717, 1.165) is 47.6 Å². The smallest absolute Gasteiger partial charge is 0.307 e. The number of allylic oxidation sites excluding steroid dienone is 1. The van der Waals surface area contributed by atoms with Crippen molar-refractivity contribution in [3.63, 3.8) is 0 Å². The zero-order chi connectivity index (χ0) is 18.6. The second-order valence-corrected chi connectivity index (χ2v) is 7.84. The number of aromatic amines is 1. The van der Waals surface area contributed by atoms with Crippen LogP contribution in [0.3, 0.4) is 0 Å². The van der Waals surface area contributed by atoms with E-state index in [1.165, 1.54) is 0 Å². The summed E-state index contributed by atoms with van der Waals surface area (Å²) in [5, 5.41) is 9.68. The predicted octanol–water partition coefficient (Wildman–Crippen LogP) is 3.34. The van der Waals surface area contributed by atoms with E-state index in [4.69, 9.17) is 9.57 Å². The molecule has 0 aliphatic heterocycles. The molecule has 0 radical (unpaired) electrons. The third-order valence-corrected chi connectivity index (χ3v) is 5.56. The van der Waals surface area contributed by atoms with Crippen LogP contribution >= 0.6 is 11.3 Å². The van der Waals surface area contributed by atoms with Gasteiger partial charge in [-0.3, -0.25) is 20.1 Å². The molecule has 6 nitrogen and oxygen atoms in total. The van der Waals surface area contributed by atoms with Gasteiger partial charge in [0.15, 0.2) is 0 Å². The van der Waals surface area contributed by atoms with E-state index in [1.54, 1.807) is 7.11 Å². The highest BCUT2D eigenvalue weighted by Gasteiger charge is 2.32. The summed E-state index contributed by atoms with van der Waals surface area (Å²) in [5.41, 5.74) is 4.96. The number of hydrogen-bond acceptors (Lipinski definition) is 6. The molecule has 1 atom stereocenters. The predicted molar refractivity (Wildman–Crippen MR) is 102 cm³/mol. The Balaban J connectivity index is 1.62. The lowest BCUT2D eigenvalue weighted by atomic mass is 9.78. The average Bonchev–Trinajstić information content (AvgIpc) is 2.94. The summed E-state index contributed by atoms with van der Waals surface area (Å²) < 4.78 is 6.02. The van der Waals surface area contributed by atoms with Crippen LogP contribution < -0.4 is 15.1 Å². The van der Waals surface area contributed by atoms with Crippen LogP contribution in [-0.2, 0) is 11.3 Å². The molecular weight excluding hydrogens is 352 g/mol. The summed E-state index contributed by atoms with van der Waals surface area (Å²) in [5.74, 6) is 0.749. The first-order chi connectivity index (χ1) is 12.5. The number of ether oxygens (including phenoxy) is 1. The number of H-pyrrole nitrogens is 1. The Morgan fingerprint density at radius 1 is 1.35 bits per heavy atom. The molecule has 0 bridgehead atoms. The molecule has 3 rings (SSSR count). The zero-order valence-corrected chi connectivity index (χ0v) is 15.8. The standard InChI is InChI=1S/C19H24N2O4S/c1-19(10-4-3-5-16(19)21-24-2)12-25-14-8-6-13(7-9-14)11-15-17(22)20-18(23)26-15/h5-9,21-22H,3-4,10-12H2,1-2H3,(H,20,23). The van der Waals surface area contributed by atoms with Gasteiger partial charge in [-0.2, -0.15) is 0 Å². The van der Waals surface area contributed by atoms with E-state index in [0.29, 0.717) is 17.9 Å². The summed E-state index contributed by atoms with van der Waals surface area (Å²) in [7, 11) is 1.62. The van der Waals surface area contributed by atoms with Crippen molar-refractivity contribution in [1.29, 1.82) is 0 Å². The topological polar surface area (TPSA) is 83.6 Å². The minimum absolute atomic E-state index is 0.0458. The van der Waals surface area contributed by atoms with Crippen LogP contribution in [0.15, 0.2) is 40.8 Å². The van der Waals surface area contributed by atoms with Gasteiger partial charge >= 0.3 is 4.87 Å². The van der Waals surface area contributed by atoms with Crippen molar-refractivity contribution < 1.29 is 14.7 Å². The molecular formula is C19H24N2O4S. The van der Waals surface area contributed by atoms with E-state index < -0.39 is 0 Å². The molecule has 1 heterocycles. The highest BCUT2D eigenvalue weighted by Crippen LogP contribution is 2.36. The summed E-state index contributed by atoms with van der Waals surface area (Å²) in [6.07, 6.45) is 5.91. The Kier molecular flexibility index (Phi) is 5.68. The van der Waals surface area contributed by atoms with Gasteiger partial charge in [0, 0.05) is 17.5 Å². The van der Waals surface area contributed by atoms with Crippen molar-refractivity contribution in [2.45, 2.75) is 32.6 Å². The molecule has 7 heteroatoms. The van der Waals surface area contributed by atoms with Gasteiger partial charge in [0.2, 0.25) is 5.88 Å². The number of hydrogen-bond donors (Lipinski definition) is 3. The number of aromatic hydroxyl groups is 1. The Labute approximate surface area is 156 Å². The van der Waals surface area contributed by atoms with Gasteiger partial charge in [-0.25, -0.2) is 0 Å². The fourth-order valence-corrected chi connectivity index (χ4v) is 3.91. The first-order valence-electron chi connectivity index (χ1n) is 8.62. The SMILES string of the molecule is CONC1=CCCCC1(C)COc1ccc(Cc2sc(=O)[nH]c2O)cc1. The molecule has 0 saturated heterocycles. The van der Waals surface area contributed by atoms with Crippen LogP contribution in [0.2, 0.25) is 0 Å². The number of hydroxylamine groups is 1. The summed E-state index contributed by atoms with van der Waals surface area (Å²) in [4.78, 5) is 19.1. The fraction of sp³-hybridized carbons (Fsp3) is 0.421. The maximum Gasteiger partial charge on any atom is 0.307 e. The number of aromatic nitrogens is 1. The molecule has 26 heavy (non-hydrogen) atoms. The molecule has 1 aromatic heterocycles. The molecule has 1 aliphatic rings. The van der Waals surface area contributed by atoms with Gasteiger partial charge in [0.05, 0.1) is 18.6 Å². The largest absolute Gasteiger partial charge is 0.494 e. The summed E-state index contributed by atoms with van der Waals surface area (Å²) >= 11 is 1.03. The zero-order valence-electron chi connectivity index (χ0n) is 15.0. The molecule has 0 amide bonds. The van der Waals surface area contributed by atoms with Crippen molar-refractivity contribution in [2.75, 3.05) is 13.7 Å². The molecule has 1 aromatic carbocycles. The van der Waals surface area contributed by atoms with Crippen LogP contribution in [0, 0.1) is 5.41 Å². The average molecular weight is 376 g/mol. The van der Waals surface area contributed by atoms with Gasteiger partial charge in [-0.05, 0) is 37.0 Å². The van der Waals surface area contributed by atoms with Crippen LogP contribution in [0.4, 0.5) is 0 Å². The van der Waals surface area contributed by atoms with Crippen LogP contribution in [0.1, 0.15) is 36.6 Å². The van der Waals surface area contributed by atoms with E-state index in [9.17, 15) is 9.90 Å². The fourth-order valence-electron chi connectivity index (χ4n) is 3.15. The van der Waals surface area contributed by atoms with Crippen molar-refractivity contribution in [1.82, 2.24) is 10.5 Å². The second kappa shape index (κ2) is 7.97. The Hall–Kier alpha value is -2.25. The van der Waals surface area contributed by atoms with Crippen LogP contribution in [0.25, 0.3) is 0 Å². The first-order valence-corrected chi connectivity index (χ1v) is 9.44. The normalized spacial score (nSPS) is 19.8. The minimum atomic E-state index is -0.244. The molecule has 140 valence electrons. The van der Waals surface area contributed by atoms with Crippen LogP contribution in [-0.4, -0.2) is 23.8 Å².